The second-order valence-electron chi connectivity index (χ2n) is 7.52. The molecule has 0 spiro atoms. The fourth-order valence-corrected chi connectivity index (χ4v) is 3.73. The summed E-state index contributed by atoms with van der Waals surface area (Å²) in [6.07, 6.45) is 6.65. The minimum Gasteiger partial charge on any atom is -0.493 e. The zero-order valence-electron chi connectivity index (χ0n) is 16.9. The molecular weight excluding hydrogens is 362 g/mol. The molecule has 0 saturated carbocycles. The summed E-state index contributed by atoms with van der Waals surface area (Å²) in [6.45, 7) is 3.58. The largest absolute Gasteiger partial charge is 0.493 e. The van der Waals surface area contributed by atoms with E-state index in [0.717, 1.165) is 41.4 Å². The van der Waals surface area contributed by atoms with Crippen molar-refractivity contribution in [2.24, 2.45) is 0 Å². The fraction of sp³-hybridized carbons (Fsp3) is 0.333. The van der Waals surface area contributed by atoms with E-state index in [4.69, 9.17) is 4.74 Å². The first-order chi connectivity index (χ1) is 14.2. The van der Waals surface area contributed by atoms with Crippen LogP contribution in [0.2, 0.25) is 0 Å². The Balaban J connectivity index is 1.27. The average Bonchev–Trinajstić information content (AvgIpc) is 3.17. The lowest BCUT2D eigenvalue weighted by atomic mass is 10.1. The SMILES string of the molecule is Cc1ccccc1OCCCC(=O)Nc1ccc(-c2ncc3n2CCCC3)cc1. The highest BCUT2D eigenvalue weighted by Crippen LogP contribution is 2.25. The molecule has 0 radical (unpaired) electrons. The number of benzene rings is 2. The summed E-state index contributed by atoms with van der Waals surface area (Å²) in [4.78, 5) is 16.8. The summed E-state index contributed by atoms with van der Waals surface area (Å²) >= 11 is 0. The first-order valence-corrected chi connectivity index (χ1v) is 10.3. The number of fused-ring (bicyclic) bond motifs is 1. The summed E-state index contributed by atoms with van der Waals surface area (Å²) in [5.41, 5.74) is 4.32. The molecule has 0 bridgehead atoms. The number of para-hydroxylation sites is 1. The number of aromatic nitrogens is 2. The quantitative estimate of drug-likeness (QED) is 0.579. The molecule has 0 atom stereocenters. The molecule has 3 aromatic rings. The normalized spacial score (nSPS) is 13.0. The minimum atomic E-state index is 0.00400. The molecule has 5 heteroatoms. The monoisotopic (exact) mass is 389 g/mol. The molecule has 1 N–H and O–H groups in total. The van der Waals surface area contributed by atoms with Crippen molar-refractivity contribution in [2.45, 2.75) is 45.6 Å². The summed E-state index contributed by atoms with van der Waals surface area (Å²) in [6, 6.07) is 15.9. The van der Waals surface area contributed by atoms with Gasteiger partial charge in [-0.1, -0.05) is 18.2 Å². The van der Waals surface area contributed by atoms with E-state index in [0.29, 0.717) is 19.4 Å². The number of rotatable bonds is 7. The molecule has 0 fully saturated rings. The van der Waals surface area contributed by atoms with Crippen molar-refractivity contribution in [2.75, 3.05) is 11.9 Å². The number of hydrogen-bond acceptors (Lipinski definition) is 3. The number of nitrogens with zero attached hydrogens (tertiary/aromatic N) is 2. The van der Waals surface area contributed by atoms with Crippen molar-refractivity contribution in [3.63, 3.8) is 0 Å². The Hall–Kier alpha value is -3.08. The van der Waals surface area contributed by atoms with Crippen LogP contribution in [-0.2, 0) is 17.8 Å². The van der Waals surface area contributed by atoms with E-state index in [2.05, 4.69) is 14.9 Å². The molecule has 1 aliphatic rings. The number of nitrogens with one attached hydrogen (secondary N) is 1. The molecule has 0 aliphatic carbocycles. The van der Waals surface area contributed by atoms with Gasteiger partial charge in [0.25, 0.3) is 0 Å². The highest BCUT2D eigenvalue weighted by Gasteiger charge is 2.15. The summed E-state index contributed by atoms with van der Waals surface area (Å²) in [7, 11) is 0. The molecule has 29 heavy (non-hydrogen) atoms. The van der Waals surface area contributed by atoms with Crippen LogP contribution >= 0.6 is 0 Å². The Bertz CT molecular complexity index is 976. The number of imidazole rings is 1. The van der Waals surface area contributed by atoms with Gasteiger partial charge in [0.1, 0.15) is 11.6 Å². The van der Waals surface area contributed by atoms with Gasteiger partial charge in [-0.15, -0.1) is 0 Å². The number of ether oxygens (including phenoxy) is 1. The van der Waals surface area contributed by atoms with Crippen LogP contribution in [0, 0.1) is 6.92 Å². The van der Waals surface area contributed by atoms with Crippen LogP contribution in [0.25, 0.3) is 11.4 Å². The van der Waals surface area contributed by atoms with Gasteiger partial charge in [0.15, 0.2) is 0 Å². The Morgan fingerprint density at radius 2 is 1.97 bits per heavy atom. The summed E-state index contributed by atoms with van der Waals surface area (Å²) in [5, 5.41) is 2.97. The van der Waals surface area contributed by atoms with Gasteiger partial charge < -0.3 is 14.6 Å². The zero-order valence-corrected chi connectivity index (χ0v) is 16.9. The molecule has 1 aromatic heterocycles. The first kappa shape index (κ1) is 19.2. The highest BCUT2D eigenvalue weighted by atomic mass is 16.5. The van der Waals surface area contributed by atoms with E-state index >= 15 is 0 Å². The van der Waals surface area contributed by atoms with E-state index in [1.807, 2.05) is 61.7 Å². The van der Waals surface area contributed by atoms with Gasteiger partial charge in [0, 0.05) is 36.1 Å². The van der Waals surface area contributed by atoms with Crippen molar-refractivity contribution in [1.29, 1.82) is 0 Å². The predicted octanol–water partition coefficient (Wildman–Crippen LogP) is 4.99. The van der Waals surface area contributed by atoms with E-state index in [9.17, 15) is 4.79 Å². The Morgan fingerprint density at radius 3 is 2.79 bits per heavy atom. The third-order valence-corrected chi connectivity index (χ3v) is 5.33. The zero-order chi connectivity index (χ0) is 20.1. The van der Waals surface area contributed by atoms with Crippen LogP contribution in [0.1, 0.15) is 36.9 Å². The highest BCUT2D eigenvalue weighted by molar-refractivity contribution is 5.90. The number of aryl methyl sites for hydroxylation is 2. The first-order valence-electron chi connectivity index (χ1n) is 10.3. The van der Waals surface area contributed by atoms with Crippen LogP contribution in [0.5, 0.6) is 5.75 Å². The van der Waals surface area contributed by atoms with E-state index in [1.165, 1.54) is 18.5 Å². The van der Waals surface area contributed by atoms with Crippen LogP contribution < -0.4 is 10.1 Å². The molecule has 5 nitrogen and oxygen atoms in total. The fourth-order valence-electron chi connectivity index (χ4n) is 3.73. The molecule has 2 heterocycles. The van der Waals surface area contributed by atoms with Crippen molar-refractivity contribution >= 4 is 11.6 Å². The van der Waals surface area contributed by atoms with Crippen LogP contribution in [0.4, 0.5) is 5.69 Å². The number of carbonyl (C=O) groups is 1. The molecular formula is C24H27N3O2. The van der Waals surface area contributed by atoms with Gasteiger partial charge in [-0.3, -0.25) is 4.79 Å². The van der Waals surface area contributed by atoms with Gasteiger partial charge in [0.05, 0.1) is 6.61 Å². The van der Waals surface area contributed by atoms with E-state index in [1.54, 1.807) is 0 Å². The van der Waals surface area contributed by atoms with Gasteiger partial charge in [-0.2, -0.15) is 0 Å². The molecule has 0 saturated heterocycles. The molecule has 4 rings (SSSR count). The van der Waals surface area contributed by atoms with Crippen molar-refractivity contribution in [3.8, 4) is 17.1 Å². The maximum Gasteiger partial charge on any atom is 0.224 e. The minimum absolute atomic E-state index is 0.00400. The molecule has 150 valence electrons. The molecule has 2 aromatic carbocycles. The predicted molar refractivity (Wildman–Crippen MR) is 115 cm³/mol. The second kappa shape index (κ2) is 8.95. The Morgan fingerprint density at radius 1 is 1.14 bits per heavy atom. The number of hydrogen-bond donors (Lipinski definition) is 1. The van der Waals surface area contributed by atoms with Crippen LogP contribution in [0.15, 0.2) is 54.7 Å². The van der Waals surface area contributed by atoms with Crippen molar-refractivity contribution in [3.05, 3.63) is 66.0 Å². The Kier molecular flexibility index (Phi) is 5.94. The van der Waals surface area contributed by atoms with Gasteiger partial charge in [-0.05, 0) is 68.5 Å². The second-order valence-corrected chi connectivity index (χ2v) is 7.52. The maximum atomic E-state index is 12.2. The third-order valence-electron chi connectivity index (χ3n) is 5.33. The third kappa shape index (κ3) is 4.67. The average molecular weight is 389 g/mol. The van der Waals surface area contributed by atoms with Gasteiger partial charge >= 0.3 is 0 Å². The van der Waals surface area contributed by atoms with Crippen LogP contribution in [0.3, 0.4) is 0 Å². The molecule has 1 aliphatic heterocycles. The van der Waals surface area contributed by atoms with Crippen molar-refractivity contribution < 1.29 is 9.53 Å². The van der Waals surface area contributed by atoms with E-state index < -0.39 is 0 Å². The lowest BCUT2D eigenvalue weighted by Gasteiger charge is -2.16. The summed E-state index contributed by atoms with van der Waals surface area (Å²) in [5.74, 6) is 1.90. The Labute approximate surface area is 171 Å². The maximum absolute atomic E-state index is 12.2. The van der Waals surface area contributed by atoms with Gasteiger partial charge in [-0.25, -0.2) is 4.98 Å². The lowest BCUT2D eigenvalue weighted by molar-refractivity contribution is -0.116. The summed E-state index contributed by atoms with van der Waals surface area (Å²) < 4.78 is 8.06. The van der Waals surface area contributed by atoms with Crippen molar-refractivity contribution in [1.82, 2.24) is 9.55 Å². The smallest absolute Gasteiger partial charge is 0.224 e. The van der Waals surface area contributed by atoms with Gasteiger partial charge in [0.2, 0.25) is 5.91 Å². The number of carbonyl (C=O) groups excluding carboxylic acids is 1. The van der Waals surface area contributed by atoms with Crippen LogP contribution in [-0.4, -0.2) is 22.1 Å². The number of anilines is 1. The standard InChI is InChI=1S/C24H27N3O2/c1-18-7-2-3-9-22(18)29-16-6-10-23(28)26-20-13-11-19(12-14-20)24-25-17-21-8-4-5-15-27(21)24/h2-3,7,9,11-14,17H,4-6,8,10,15-16H2,1H3,(H,26,28). The van der Waals surface area contributed by atoms with E-state index in [-0.39, 0.29) is 5.91 Å². The topological polar surface area (TPSA) is 56.1 Å². The molecule has 1 amide bonds. The number of amides is 1. The molecule has 0 unspecified atom stereocenters. The lowest BCUT2D eigenvalue weighted by Crippen LogP contribution is -2.13.